The number of carbonyl (C=O) groups excluding carboxylic acids is 2. The van der Waals surface area contributed by atoms with Gasteiger partial charge >= 0.3 is 0 Å². The van der Waals surface area contributed by atoms with Crippen LogP contribution >= 0.6 is 0 Å². The fourth-order valence-corrected chi connectivity index (χ4v) is 4.74. The molecular weight excluding hydrogens is 416 g/mol. The number of aromatic nitrogens is 2. The molecule has 0 saturated heterocycles. The molecule has 0 unspecified atom stereocenters. The number of hydrogen-bond acceptors (Lipinski definition) is 6. The summed E-state index contributed by atoms with van der Waals surface area (Å²) in [5.74, 6) is 0.436. The van der Waals surface area contributed by atoms with Crippen LogP contribution in [0.4, 0.5) is 5.82 Å². The maximum Gasteiger partial charge on any atom is 0.255 e. The molecule has 33 heavy (non-hydrogen) atoms. The second-order valence-electron chi connectivity index (χ2n) is 8.44. The van der Waals surface area contributed by atoms with E-state index in [-0.39, 0.29) is 17.6 Å². The number of hydrogen-bond donors (Lipinski definition) is 2. The van der Waals surface area contributed by atoms with Crippen LogP contribution in [0, 0.1) is 6.92 Å². The number of dihydropyridines is 1. The first-order valence-electron chi connectivity index (χ1n) is 10.9. The molecule has 7 nitrogen and oxygen atoms in total. The lowest BCUT2D eigenvalue weighted by atomic mass is 9.72. The minimum Gasteiger partial charge on any atom is -0.469 e. The van der Waals surface area contributed by atoms with Gasteiger partial charge in [0, 0.05) is 58.9 Å². The van der Waals surface area contributed by atoms with Crippen molar-refractivity contribution in [1.29, 1.82) is 0 Å². The molecule has 1 aliphatic carbocycles. The molecule has 166 valence electrons. The van der Waals surface area contributed by atoms with E-state index in [0.29, 0.717) is 35.5 Å². The lowest BCUT2D eigenvalue weighted by molar-refractivity contribution is -0.116. The van der Waals surface area contributed by atoms with Crippen LogP contribution < -0.4 is 10.6 Å². The lowest BCUT2D eigenvalue weighted by Gasteiger charge is -2.36. The molecule has 5 rings (SSSR count). The van der Waals surface area contributed by atoms with E-state index in [9.17, 15) is 9.59 Å². The molecule has 2 N–H and O–H groups in total. The van der Waals surface area contributed by atoms with E-state index in [4.69, 9.17) is 4.42 Å². The molecule has 0 spiro atoms. The maximum absolute atomic E-state index is 13.5. The zero-order chi connectivity index (χ0) is 22.9. The highest BCUT2D eigenvalue weighted by Crippen LogP contribution is 2.45. The van der Waals surface area contributed by atoms with Crippen LogP contribution in [0.3, 0.4) is 0 Å². The largest absolute Gasteiger partial charge is 0.469 e. The fourth-order valence-electron chi connectivity index (χ4n) is 4.74. The van der Waals surface area contributed by atoms with Gasteiger partial charge in [-0.2, -0.15) is 0 Å². The average Bonchev–Trinajstić information content (AvgIpc) is 3.33. The van der Waals surface area contributed by atoms with E-state index in [0.717, 1.165) is 22.7 Å². The van der Waals surface area contributed by atoms with Crippen molar-refractivity contribution >= 4 is 17.5 Å². The average molecular weight is 441 g/mol. The maximum atomic E-state index is 13.5. The second-order valence-corrected chi connectivity index (χ2v) is 8.44. The van der Waals surface area contributed by atoms with E-state index >= 15 is 0 Å². The Kier molecular flexibility index (Phi) is 5.38. The van der Waals surface area contributed by atoms with Gasteiger partial charge in [-0.05, 0) is 56.2 Å². The Morgan fingerprint density at radius 2 is 2.00 bits per heavy atom. The monoisotopic (exact) mass is 440 g/mol. The van der Waals surface area contributed by atoms with Crippen LogP contribution in [-0.2, 0) is 9.59 Å². The number of allylic oxidation sites excluding steroid dienone is 3. The zero-order valence-corrected chi connectivity index (χ0v) is 18.5. The molecule has 3 aromatic heterocycles. The predicted molar refractivity (Wildman–Crippen MR) is 123 cm³/mol. The molecule has 1 amide bonds. The Morgan fingerprint density at radius 1 is 1.12 bits per heavy atom. The molecule has 0 aromatic carbocycles. The number of amides is 1. The summed E-state index contributed by atoms with van der Waals surface area (Å²) >= 11 is 0. The first kappa shape index (κ1) is 20.9. The van der Waals surface area contributed by atoms with Crippen LogP contribution in [-0.4, -0.2) is 21.7 Å². The topological polar surface area (TPSA) is 97.1 Å². The Morgan fingerprint density at radius 3 is 2.73 bits per heavy atom. The Bertz CT molecular complexity index is 1280. The third kappa shape index (κ3) is 3.98. The highest BCUT2D eigenvalue weighted by molar-refractivity contribution is 6.09. The van der Waals surface area contributed by atoms with Gasteiger partial charge in [-0.25, -0.2) is 4.98 Å². The summed E-state index contributed by atoms with van der Waals surface area (Å²) in [6.45, 7) is 3.74. The molecular formula is C26H24N4O3. The van der Waals surface area contributed by atoms with Gasteiger partial charge in [0.1, 0.15) is 11.6 Å². The predicted octanol–water partition coefficient (Wildman–Crippen LogP) is 4.38. The number of anilines is 1. The quantitative estimate of drug-likeness (QED) is 0.625. The normalized spacial score (nSPS) is 20.4. The van der Waals surface area contributed by atoms with Crippen LogP contribution in [0.5, 0.6) is 0 Å². The molecule has 0 bridgehead atoms. The summed E-state index contributed by atoms with van der Waals surface area (Å²) in [4.78, 5) is 35.6. The van der Waals surface area contributed by atoms with Crippen LogP contribution in [0.15, 0.2) is 88.1 Å². The number of nitrogens with one attached hydrogen (secondary N) is 2. The highest BCUT2D eigenvalue weighted by atomic mass is 16.3. The highest BCUT2D eigenvalue weighted by Gasteiger charge is 2.41. The van der Waals surface area contributed by atoms with Crippen molar-refractivity contribution < 1.29 is 14.0 Å². The van der Waals surface area contributed by atoms with Gasteiger partial charge in [-0.15, -0.1) is 0 Å². The summed E-state index contributed by atoms with van der Waals surface area (Å²) in [5, 5.41) is 6.27. The van der Waals surface area contributed by atoms with Gasteiger partial charge in [0.05, 0.1) is 6.26 Å². The van der Waals surface area contributed by atoms with Crippen LogP contribution in [0.1, 0.15) is 48.6 Å². The summed E-state index contributed by atoms with van der Waals surface area (Å²) in [5.41, 5.74) is 4.27. The van der Waals surface area contributed by atoms with Gasteiger partial charge in [0.2, 0.25) is 0 Å². The van der Waals surface area contributed by atoms with E-state index < -0.39 is 5.92 Å². The summed E-state index contributed by atoms with van der Waals surface area (Å²) in [6, 6.07) is 12.9. The third-order valence-corrected chi connectivity index (χ3v) is 6.17. The number of Topliss-reactive ketones (excluding diaryl/α,β-unsaturated/α-hetero) is 1. The van der Waals surface area contributed by atoms with Crippen molar-refractivity contribution in [2.75, 3.05) is 5.32 Å². The van der Waals surface area contributed by atoms with E-state index in [1.165, 1.54) is 0 Å². The molecule has 1 aliphatic heterocycles. The van der Waals surface area contributed by atoms with Crippen molar-refractivity contribution in [2.24, 2.45) is 0 Å². The number of furan rings is 1. The van der Waals surface area contributed by atoms with Crippen LogP contribution in [0.25, 0.3) is 0 Å². The molecule has 3 aromatic rings. The van der Waals surface area contributed by atoms with Crippen molar-refractivity contribution in [3.8, 4) is 0 Å². The molecule has 0 saturated carbocycles. The van der Waals surface area contributed by atoms with Gasteiger partial charge < -0.3 is 15.1 Å². The molecule has 7 heteroatoms. The molecule has 2 atom stereocenters. The van der Waals surface area contributed by atoms with Gasteiger partial charge in [0.15, 0.2) is 5.78 Å². The standard InChI is InChI=1S/C26H24N4O3/c1-15-6-3-9-22(28-15)30-26(32)23-16(2)29-19-12-18(21-8-5-11-33-21)13-20(31)25(19)24(23)17-7-4-10-27-14-17/h3-11,14,18,24,29H,12-13H2,1-2H3,(H,28,30,32)/t18-,24+/m1/s1. The van der Waals surface area contributed by atoms with Gasteiger partial charge in [0.25, 0.3) is 5.91 Å². The third-order valence-electron chi connectivity index (χ3n) is 6.17. The smallest absolute Gasteiger partial charge is 0.255 e. The lowest BCUT2D eigenvalue weighted by Crippen LogP contribution is -2.37. The van der Waals surface area contributed by atoms with E-state index in [1.54, 1.807) is 24.7 Å². The van der Waals surface area contributed by atoms with E-state index in [2.05, 4.69) is 20.6 Å². The number of carbonyl (C=O) groups is 2. The minimum atomic E-state index is -0.509. The van der Waals surface area contributed by atoms with Gasteiger partial charge in [-0.3, -0.25) is 14.6 Å². The number of aryl methyl sites for hydroxylation is 1. The first-order chi connectivity index (χ1) is 16.0. The summed E-state index contributed by atoms with van der Waals surface area (Å²) in [7, 11) is 0. The number of pyridine rings is 2. The zero-order valence-electron chi connectivity index (χ0n) is 18.5. The summed E-state index contributed by atoms with van der Waals surface area (Å²) in [6.07, 6.45) is 6.00. The first-order valence-corrected chi connectivity index (χ1v) is 10.9. The fraction of sp³-hybridized carbons (Fsp3) is 0.231. The Balaban J connectivity index is 1.55. The number of ketones is 1. The van der Waals surface area contributed by atoms with Crippen molar-refractivity contribution in [1.82, 2.24) is 15.3 Å². The molecule has 0 fully saturated rings. The van der Waals surface area contributed by atoms with Crippen LogP contribution in [0.2, 0.25) is 0 Å². The SMILES string of the molecule is CC1=C(C(=O)Nc2cccc(C)n2)[C@H](c2cccnc2)C2=C(C[C@@H](c3ccco3)CC2=O)N1. The number of rotatable bonds is 4. The minimum absolute atomic E-state index is 0.00508. The molecule has 4 heterocycles. The van der Waals surface area contributed by atoms with Crippen molar-refractivity contribution in [3.63, 3.8) is 0 Å². The van der Waals surface area contributed by atoms with Crippen molar-refractivity contribution in [2.45, 2.75) is 38.5 Å². The summed E-state index contributed by atoms with van der Waals surface area (Å²) < 4.78 is 5.58. The van der Waals surface area contributed by atoms with Gasteiger partial charge in [-0.1, -0.05) is 12.1 Å². The Labute approximate surface area is 191 Å². The Hall–Kier alpha value is -4.00. The van der Waals surface area contributed by atoms with E-state index in [1.807, 2.05) is 50.2 Å². The molecule has 2 aliphatic rings. The number of nitrogens with zero attached hydrogens (tertiary/aromatic N) is 2. The molecule has 0 radical (unpaired) electrons. The van der Waals surface area contributed by atoms with Crippen molar-refractivity contribution in [3.05, 3.63) is 101 Å². The second kappa shape index (κ2) is 8.50.